The van der Waals surface area contributed by atoms with Crippen molar-refractivity contribution in [3.63, 3.8) is 0 Å². The Bertz CT molecular complexity index is 657. The first kappa shape index (κ1) is 11.5. The Balaban J connectivity index is 2.12. The molecule has 3 rings (SSSR count). The number of carbonyl (C=O) groups excluding carboxylic acids is 1. The molecule has 1 aliphatic carbocycles. The number of anilines is 1. The Labute approximate surface area is 109 Å². The average Bonchev–Trinajstić information content (AvgIpc) is 3.22. The summed E-state index contributed by atoms with van der Waals surface area (Å²) in [4.78, 5) is 24.0. The lowest BCUT2D eigenvalue weighted by molar-refractivity contribution is -0.119. The van der Waals surface area contributed by atoms with Crippen molar-refractivity contribution >= 4 is 17.4 Å². The molecule has 3 atom stereocenters. The van der Waals surface area contributed by atoms with Crippen LogP contribution in [0.2, 0.25) is 0 Å². The molecule has 1 aromatic rings. The van der Waals surface area contributed by atoms with Crippen LogP contribution >= 0.6 is 0 Å². The molecule has 1 saturated carbocycles. The van der Waals surface area contributed by atoms with Gasteiger partial charge in [-0.1, -0.05) is 5.11 Å². The fourth-order valence-electron chi connectivity index (χ4n) is 2.67. The number of amides is 1. The molecule has 19 heavy (non-hydrogen) atoms. The zero-order chi connectivity index (χ0) is 13.6. The fraction of sp³-hybridized carbons (Fsp3) is 0.417. The number of hydrogen-bond acceptors (Lipinski definition) is 3. The number of rotatable bonds is 1. The second kappa shape index (κ2) is 3.97. The minimum atomic E-state index is -0.661. The number of azide groups is 1. The van der Waals surface area contributed by atoms with E-state index in [2.05, 4.69) is 19.9 Å². The number of fused-ring (bicyclic) bond motifs is 3. The zero-order valence-electron chi connectivity index (χ0n) is 10.2. The number of pyridine rings is 1. The van der Waals surface area contributed by atoms with Crippen LogP contribution in [0.3, 0.4) is 0 Å². The Hall–Kier alpha value is -2.58. The van der Waals surface area contributed by atoms with E-state index in [9.17, 15) is 4.79 Å². The van der Waals surface area contributed by atoms with Crippen LogP contribution < -0.4 is 4.90 Å². The highest BCUT2D eigenvalue weighted by molar-refractivity contribution is 5.98. The smallest absolute Gasteiger partial charge is 0.237 e. The molecule has 2 heterocycles. The Morgan fingerprint density at radius 2 is 2.42 bits per heavy atom. The standard InChI is InChI=1S/C12H10N6O/c1-14-6-3-9-7-4-8(7)10(16-17-13)12(19)18(2)11(9)15-5-6/h3,5,7-8,10H,4H2,2H3/t7-,8?,10+/m1/s1. The van der Waals surface area contributed by atoms with Crippen molar-refractivity contribution in [1.82, 2.24) is 4.98 Å². The van der Waals surface area contributed by atoms with Crippen molar-refractivity contribution in [2.45, 2.75) is 18.4 Å². The van der Waals surface area contributed by atoms with E-state index in [1.54, 1.807) is 13.1 Å². The van der Waals surface area contributed by atoms with Crippen molar-refractivity contribution in [3.8, 4) is 0 Å². The van der Waals surface area contributed by atoms with Crippen LogP contribution in [0, 0.1) is 12.5 Å². The van der Waals surface area contributed by atoms with E-state index < -0.39 is 6.04 Å². The van der Waals surface area contributed by atoms with Gasteiger partial charge in [0, 0.05) is 18.2 Å². The normalized spacial score (nSPS) is 27.5. The number of hydrogen-bond donors (Lipinski definition) is 0. The lowest BCUT2D eigenvalue weighted by Crippen LogP contribution is -2.36. The van der Waals surface area contributed by atoms with Gasteiger partial charge in [0.2, 0.25) is 11.6 Å². The van der Waals surface area contributed by atoms with Gasteiger partial charge >= 0.3 is 0 Å². The number of likely N-dealkylation sites (N-methyl/N-ethyl adjacent to an activating group) is 1. The largest absolute Gasteiger partial charge is 0.299 e. The molecule has 0 saturated heterocycles. The molecule has 1 fully saturated rings. The topological polar surface area (TPSA) is 86.3 Å². The lowest BCUT2D eigenvalue weighted by Gasteiger charge is -2.19. The Morgan fingerprint density at radius 3 is 3.11 bits per heavy atom. The van der Waals surface area contributed by atoms with Gasteiger partial charge in [0.15, 0.2) is 0 Å². The third-order valence-electron chi connectivity index (χ3n) is 3.73. The van der Waals surface area contributed by atoms with Crippen LogP contribution in [0.15, 0.2) is 17.4 Å². The quantitative estimate of drug-likeness (QED) is 0.333. The summed E-state index contributed by atoms with van der Waals surface area (Å²) in [5, 5.41) is 3.62. The zero-order valence-corrected chi connectivity index (χ0v) is 10.2. The summed E-state index contributed by atoms with van der Waals surface area (Å²) in [6.07, 6.45) is 2.26. The summed E-state index contributed by atoms with van der Waals surface area (Å²) in [5.74, 6) is 0.538. The minimum Gasteiger partial charge on any atom is -0.299 e. The van der Waals surface area contributed by atoms with E-state index in [1.165, 1.54) is 11.1 Å². The maximum atomic E-state index is 12.3. The minimum absolute atomic E-state index is 0.0369. The summed E-state index contributed by atoms with van der Waals surface area (Å²) >= 11 is 0. The van der Waals surface area contributed by atoms with E-state index in [0.717, 1.165) is 12.0 Å². The molecule has 0 spiro atoms. The summed E-state index contributed by atoms with van der Waals surface area (Å²) in [5.41, 5.74) is 9.95. The van der Waals surface area contributed by atoms with Gasteiger partial charge in [0.05, 0.1) is 6.57 Å². The summed E-state index contributed by atoms with van der Waals surface area (Å²) < 4.78 is 0. The third-order valence-corrected chi connectivity index (χ3v) is 3.73. The van der Waals surface area contributed by atoms with Gasteiger partial charge in [0.1, 0.15) is 11.9 Å². The summed E-state index contributed by atoms with van der Waals surface area (Å²) in [6.45, 7) is 7.03. The average molecular weight is 254 g/mol. The van der Waals surface area contributed by atoms with Gasteiger partial charge < -0.3 is 0 Å². The Kier molecular flexibility index (Phi) is 2.40. The van der Waals surface area contributed by atoms with Gasteiger partial charge in [-0.05, 0) is 35.4 Å². The first-order valence-corrected chi connectivity index (χ1v) is 5.86. The van der Waals surface area contributed by atoms with Gasteiger partial charge in [0.25, 0.3) is 0 Å². The highest BCUT2D eigenvalue weighted by Crippen LogP contribution is 2.55. The summed E-state index contributed by atoms with van der Waals surface area (Å²) in [6, 6.07) is 1.12. The second-order valence-electron chi connectivity index (χ2n) is 4.77. The maximum Gasteiger partial charge on any atom is 0.237 e. The molecule has 0 bridgehead atoms. The van der Waals surface area contributed by atoms with Gasteiger partial charge in [-0.25, -0.2) is 4.85 Å². The number of nitrogens with zero attached hydrogens (tertiary/aromatic N) is 6. The molecule has 7 nitrogen and oxygen atoms in total. The SMILES string of the molecule is [C-]#[N+]c1cnc2c(c1)[C@@H]1CC1[C@H](N=[N+]=[N-])C(=O)N2C. The van der Waals surface area contributed by atoms with Gasteiger partial charge in [-0.15, -0.1) is 0 Å². The molecule has 0 aromatic carbocycles. The predicted octanol–water partition coefficient (Wildman–Crippen LogP) is 2.39. The highest BCUT2D eigenvalue weighted by atomic mass is 16.2. The molecule has 1 aliphatic heterocycles. The van der Waals surface area contributed by atoms with E-state index in [0.29, 0.717) is 11.5 Å². The molecular weight excluding hydrogens is 244 g/mol. The van der Waals surface area contributed by atoms with Crippen LogP contribution in [0.4, 0.5) is 11.5 Å². The lowest BCUT2D eigenvalue weighted by atomic mass is 10.1. The molecule has 1 unspecified atom stereocenters. The molecule has 94 valence electrons. The van der Waals surface area contributed by atoms with E-state index in [4.69, 9.17) is 12.1 Å². The van der Waals surface area contributed by atoms with E-state index in [1.807, 2.05) is 0 Å². The highest BCUT2D eigenvalue weighted by Gasteiger charge is 2.51. The molecule has 0 radical (unpaired) electrons. The monoisotopic (exact) mass is 254 g/mol. The van der Waals surface area contributed by atoms with Crippen LogP contribution in [0.25, 0.3) is 15.3 Å². The van der Waals surface area contributed by atoms with Gasteiger partial charge in [-0.3, -0.25) is 14.7 Å². The predicted molar refractivity (Wildman–Crippen MR) is 67.7 cm³/mol. The number of aromatic nitrogens is 1. The molecule has 0 N–H and O–H groups in total. The van der Waals surface area contributed by atoms with Crippen molar-refractivity contribution in [3.05, 3.63) is 39.7 Å². The molecule has 1 aromatic heterocycles. The maximum absolute atomic E-state index is 12.3. The van der Waals surface area contributed by atoms with Crippen molar-refractivity contribution in [2.75, 3.05) is 11.9 Å². The molecule has 1 amide bonds. The fourth-order valence-corrected chi connectivity index (χ4v) is 2.67. The van der Waals surface area contributed by atoms with Crippen LogP contribution in [0.5, 0.6) is 0 Å². The molecular formula is C12H10N6O. The van der Waals surface area contributed by atoms with Crippen molar-refractivity contribution in [2.24, 2.45) is 11.0 Å². The van der Waals surface area contributed by atoms with E-state index >= 15 is 0 Å². The summed E-state index contributed by atoms with van der Waals surface area (Å²) in [7, 11) is 1.62. The molecule has 7 heteroatoms. The van der Waals surface area contributed by atoms with Crippen molar-refractivity contribution in [1.29, 1.82) is 0 Å². The number of carbonyl (C=O) groups is 1. The van der Waals surface area contributed by atoms with Crippen molar-refractivity contribution < 1.29 is 4.79 Å². The second-order valence-corrected chi connectivity index (χ2v) is 4.77. The first-order valence-electron chi connectivity index (χ1n) is 5.86. The first-order chi connectivity index (χ1) is 9.17. The van der Waals surface area contributed by atoms with Crippen LogP contribution in [0.1, 0.15) is 17.9 Å². The molecule has 2 aliphatic rings. The van der Waals surface area contributed by atoms with E-state index in [-0.39, 0.29) is 17.7 Å². The Morgan fingerprint density at radius 1 is 1.63 bits per heavy atom. The van der Waals surface area contributed by atoms with Crippen LogP contribution in [-0.4, -0.2) is 24.0 Å². The third kappa shape index (κ3) is 1.62. The van der Waals surface area contributed by atoms with Gasteiger partial charge in [-0.2, -0.15) is 0 Å². The van der Waals surface area contributed by atoms with Crippen LogP contribution in [-0.2, 0) is 4.79 Å².